The molecule has 0 radical (unpaired) electrons. The lowest BCUT2D eigenvalue weighted by Crippen LogP contribution is -2.41. The summed E-state index contributed by atoms with van der Waals surface area (Å²) in [4.78, 5) is 2.08. The van der Waals surface area contributed by atoms with Crippen molar-refractivity contribution in [1.82, 2.24) is 10.2 Å². The summed E-state index contributed by atoms with van der Waals surface area (Å²) in [6.07, 6.45) is -2.33. The molecule has 1 saturated heterocycles. The third-order valence-electron chi connectivity index (χ3n) is 2.31. The Morgan fingerprint density at radius 3 is 2.69 bits per heavy atom. The van der Waals surface area contributed by atoms with Crippen molar-refractivity contribution in [1.29, 1.82) is 0 Å². The van der Waals surface area contributed by atoms with Gasteiger partial charge < -0.3 is 4.90 Å². The monoisotopic (exact) mass is 196 g/mol. The molecule has 1 N–H and O–H groups in total. The van der Waals surface area contributed by atoms with Crippen LogP contribution in [0.2, 0.25) is 0 Å². The first kappa shape index (κ1) is 10.8. The average molecular weight is 196 g/mol. The van der Waals surface area contributed by atoms with E-state index in [1.165, 1.54) is 0 Å². The molecular weight excluding hydrogens is 181 g/mol. The smallest absolute Gasteiger partial charge is 0.306 e. The number of hydrogen-bond donors (Lipinski definition) is 1. The highest BCUT2D eigenvalue weighted by Crippen LogP contribution is 2.16. The van der Waals surface area contributed by atoms with Gasteiger partial charge in [-0.1, -0.05) is 0 Å². The average Bonchev–Trinajstić information content (AvgIpc) is 2.00. The van der Waals surface area contributed by atoms with E-state index in [1.54, 1.807) is 5.32 Å². The fourth-order valence-corrected chi connectivity index (χ4v) is 1.70. The van der Waals surface area contributed by atoms with Crippen molar-refractivity contribution in [3.05, 3.63) is 0 Å². The number of rotatable bonds is 2. The molecule has 0 aromatic heterocycles. The topological polar surface area (TPSA) is 15.3 Å². The molecular formula is C8H15F3N2. The quantitative estimate of drug-likeness (QED) is 0.672. The molecule has 0 amide bonds. The summed E-state index contributed by atoms with van der Waals surface area (Å²) >= 11 is 0. The molecule has 1 atom stereocenters. The minimum atomic E-state index is -4.23. The van der Waals surface area contributed by atoms with Gasteiger partial charge in [-0.2, -0.15) is 13.2 Å². The Balaban J connectivity index is 2.21. The summed E-state index contributed by atoms with van der Waals surface area (Å²) in [6.45, 7) is 1.82. The van der Waals surface area contributed by atoms with Crippen LogP contribution in [0.1, 0.15) is 12.8 Å². The summed E-state index contributed by atoms with van der Waals surface area (Å²) in [7, 11) is 1.94. The van der Waals surface area contributed by atoms with Crippen LogP contribution in [0.4, 0.5) is 13.2 Å². The number of halogens is 3. The van der Waals surface area contributed by atoms with Crippen molar-refractivity contribution in [2.45, 2.75) is 19.1 Å². The predicted molar refractivity (Wildman–Crippen MR) is 44.3 cm³/mol. The maximum Gasteiger partial charge on any atom is 0.457 e. The van der Waals surface area contributed by atoms with E-state index in [9.17, 15) is 13.2 Å². The Kier molecular flexibility index (Phi) is 3.55. The lowest BCUT2D eigenvalue weighted by atomic mass is 9.99. The number of nitrogens with zero attached hydrogens (tertiary/aromatic N) is 1. The Labute approximate surface area is 76.1 Å². The molecule has 1 fully saturated rings. The lowest BCUT2D eigenvalue weighted by Gasteiger charge is -2.29. The number of hydrogen-bond acceptors (Lipinski definition) is 2. The molecule has 1 aliphatic rings. The van der Waals surface area contributed by atoms with Gasteiger partial charge >= 0.3 is 6.30 Å². The van der Waals surface area contributed by atoms with Gasteiger partial charge in [0.1, 0.15) is 0 Å². The molecule has 0 aliphatic carbocycles. The van der Waals surface area contributed by atoms with Crippen LogP contribution in [0, 0.1) is 5.92 Å². The van der Waals surface area contributed by atoms with Crippen molar-refractivity contribution >= 4 is 0 Å². The third-order valence-corrected chi connectivity index (χ3v) is 2.31. The second-order valence-corrected chi connectivity index (χ2v) is 3.65. The lowest BCUT2D eigenvalue weighted by molar-refractivity contribution is -0.159. The zero-order valence-electron chi connectivity index (χ0n) is 7.69. The maximum absolute atomic E-state index is 11.8. The molecule has 0 saturated carbocycles. The van der Waals surface area contributed by atoms with E-state index in [4.69, 9.17) is 0 Å². The molecule has 1 aliphatic heterocycles. The van der Waals surface area contributed by atoms with E-state index in [-0.39, 0.29) is 12.5 Å². The first-order valence-corrected chi connectivity index (χ1v) is 4.47. The molecule has 0 spiro atoms. The molecule has 0 unspecified atom stereocenters. The zero-order valence-corrected chi connectivity index (χ0v) is 7.69. The van der Waals surface area contributed by atoms with Gasteiger partial charge in [-0.25, -0.2) is 5.32 Å². The van der Waals surface area contributed by atoms with Gasteiger partial charge in [-0.3, -0.25) is 0 Å². The second kappa shape index (κ2) is 4.28. The summed E-state index contributed by atoms with van der Waals surface area (Å²) in [6, 6.07) is 0. The number of nitrogens with one attached hydrogen (secondary N) is 1. The fourth-order valence-electron chi connectivity index (χ4n) is 1.70. The van der Waals surface area contributed by atoms with E-state index in [1.807, 2.05) is 7.05 Å². The van der Waals surface area contributed by atoms with Crippen molar-refractivity contribution in [2.24, 2.45) is 5.92 Å². The molecule has 78 valence electrons. The standard InChI is InChI=1S/C8H15F3N2/c1-13-4-2-3-7(6-13)5-12-8(9,10)11/h7,12H,2-6H2,1H3/t7-/m0/s1. The van der Waals surface area contributed by atoms with Crippen LogP contribution in [-0.2, 0) is 0 Å². The van der Waals surface area contributed by atoms with Crippen LogP contribution in [0.15, 0.2) is 0 Å². The largest absolute Gasteiger partial charge is 0.457 e. The Morgan fingerprint density at radius 2 is 2.15 bits per heavy atom. The molecule has 0 aromatic carbocycles. The summed E-state index contributed by atoms with van der Waals surface area (Å²) in [5, 5.41) is 1.59. The molecule has 5 heteroatoms. The predicted octanol–water partition coefficient (Wildman–Crippen LogP) is 1.44. The minimum Gasteiger partial charge on any atom is -0.306 e. The van der Waals surface area contributed by atoms with Gasteiger partial charge in [0, 0.05) is 13.1 Å². The van der Waals surface area contributed by atoms with E-state index >= 15 is 0 Å². The summed E-state index contributed by atoms with van der Waals surface area (Å²) < 4.78 is 35.3. The van der Waals surface area contributed by atoms with Gasteiger partial charge in [0.2, 0.25) is 0 Å². The molecule has 13 heavy (non-hydrogen) atoms. The van der Waals surface area contributed by atoms with Gasteiger partial charge in [0.15, 0.2) is 0 Å². The van der Waals surface area contributed by atoms with Gasteiger partial charge in [0.25, 0.3) is 0 Å². The first-order chi connectivity index (χ1) is 5.97. The normalized spacial score (nSPS) is 26.3. The minimum absolute atomic E-state index is 0.0494. The summed E-state index contributed by atoms with van der Waals surface area (Å²) in [5.41, 5.74) is 0. The van der Waals surface area contributed by atoms with Gasteiger partial charge in [0.05, 0.1) is 0 Å². The zero-order chi connectivity index (χ0) is 9.90. The molecule has 1 heterocycles. The third kappa shape index (κ3) is 4.47. The number of piperidine rings is 1. The highest BCUT2D eigenvalue weighted by molar-refractivity contribution is 4.72. The number of likely N-dealkylation sites (tertiary alicyclic amines) is 1. The van der Waals surface area contributed by atoms with E-state index in [0.29, 0.717) is 0 Å². The maximum atomic E-state index is 11.8. The number of alkyl halides is 3. The molecule has 0 aromatic rings. The van der Waals surface area contributed by atoms with E-state index in [0.717, 1.165) is 25.9 Å². The van der Waals surface area contributed by atoms with Crippen LogP contribution in [0.5, 0.6) is 0 Å². The van der Waals surface area contributed by atoms with Crippen molar-refractivity contribution in [3.8, 4) is 0 Å². The fraction of sp³-hybridized carbons (Fsp3) is 1.00. The highest BCUT2D eigenvalue weighted by Gasteiger charge is 2.28. The molecule has 0 bridgehead atoms. The SMILES string of the molecule is CN1CCC[C@@H](CNC(F)(F)F)C1. The van der Waals surface area contributed by atoms with Crippen LogP contribution in [0.3, 0.4) is 0 Å². The van der Waals surface area contributed by atoms with Crippen molar-refractivity contribution in [2.75, 3.05) is 26.7 Å². The Morgan fingerprint density at radius 1 is 1.46 bits per heavy atom. The first-order valence-electron chi connectivity index (χ1n) is 4.47. The van der Waals surface area contributed by atoms with Gasteiger partial charge in [-0.05, 0) is 32.4 Å². The molecule has 2 nitrogen and oxygen atoms in total. The molecule has 1 rings (SSSR count). The van der Waals surface area contributed by atoms with Gasteiger partial charge in [-0.15, -0.1) is 0 Å². The van der Waals surface area contributed by atoms with Crippen molar-refractivity contribution in [3.63, 3.8) is 0 Å². The van der Waals surface area contributed by atoms with E-state index < -0.39 is 6.30 Å². The van der Waals surface area contributed by atoms with Crippen LogP contribution in [0.25, 0.3) is 0 Å². The second-order valence-electron chi connectivity index (χ2n) is 3.65. The van der Waals surface area contributed by atoms with Crippen LogP contribution >= 0.6 is 0 Å². The van der Waals surface area contributed by atoms with Crippen LogP contribution < -0.4 is 5.32 Å². The van der Waals surface area contributed by atoms with Crippen LogP contribution in [-0.4, -0.2) is 37.9 Å². The summed E-state index contributed by atoms with van der Waals surface area (Å²) in [5.74, 6) is 0.139. The highest BCUT2D eigenvalue weighted by atomic mass is 19.4. The Bertz CT molecular complexity index is 158. The van der Waals surface area contributed by atoms with E-state index in [2.05, 4.69) is 4.90 Å². The van der Waals surface area contributed by atoms with Crippen molar-refractivity contribution < 1.29 is 13.2 Å². The Hall–Kier alpha value is -0.290.